The zero-order valence-electron chi connectivity index (χ0n) is 14.3. The molecule has 1 aromatic carbocycles. The van der Waals surface area contributed by atoms with Gasteiger partial charge in [0.25, 0.3) is 0 Å². The Morgan fingerprint density at radius 1 is 1.33 bits per heavy atom. The SMILES string of the molecule is CNC(C(=O)NC(C)c1oc2ccccc2c1C)c1cnn(C)c1. The molecule has 126 valence electrons. The molecule has 0 fully saturated rings. The zero-order chi connectivity index (χ0) is 17.3. The molecule has 3 rings (SSSR count). The molecule has 3 aromatic rings. The van der Waals surface area contributed by atoms with Crippen molar-refractivity contribution in [2.24, 2.45) is 7.05 Å². The van der Waals surface area contributed by atoms with Crippen LogP contribution in [0.3, 0.4) is 0 Å². The van der Waals surface area contributed by atoms with E-state index in [9.17, 15) is 4.79 Å². The maximum absolute atomic E-state index is 12.6. The van der Waals surface area contributed by atoms with Gasteiger partial charge in [-0.3, -0.25) is 9.48 Å². The third kappa shape index (κ3) is 2.92. The summed E-state index contributed by atoms with van der Waals surface area (Å²) in [5.74, 6) is 0.670. The molecule has 2 heterocycles. The van der Waals surface area contributed by atoms with E-state index >= 15 is 0 Å². The number of likely N-dealkylation sites (N-methyl/N-ethyl adjacent to an activating group) is 1. The van der Waals surface area contributed by atoms with Crippen molar-refractivity contribution in [3.8, 4) is 0 Å². The van der Waals surface area contributed by atoms with Gasteiger partial charge in [0.15, 0.2) is 0 Å². The summed E-state index contributed by atoms with van der Waals surface area (Å²) in [6, 6.07) is 7.21. The molecule has 2 aromatic heterocycles. The molecule has 0 aliphatic heterocycles. The Morgan fingerprint density at radius 3 is 2.71 bits per heavy atom. The van der Waals surface area contributed by atoms with Gasteiger partial charge in [-0.25, -0.2) is 0 Å². The van der Waals surface area contributed by atoms with Crippen LogP contribution in [-0.2, 0) is 11.8 Å². The lowest BCUT2D eigenvalue weighted by molar-refractivity contribution is -0.123. The van der Waals surface area contributed by atoms with Gasteiger partial charge >= 0.3 is 0 Å². The minimum atomic E-state index is -0.453. The summed E-state index contributed by atoms with van der Waals surface area (Å²) in [6.07, 6.45) is 3.52. The number of benzene rings is 1. The monoisotopic (exact) mass is 326 g/mol. The summed E-state index contributed by atoms with van der Waals surface area (Å²) in [4.78, 5) is 12.6. The molecule has 0 aliphatic rings. The molecule has 0 saturated carbocycles. The molecule has 2 atom stereocenters. The minimum absolute atomic E-state index is 0.113. The molecule has 0 radical (unpaired) electrons. The highest BCUT2D eigenvalue weighted by Crippen LogP contribution is 2.29. The van der Waals surface area contributed by atoms with Crippen molar-refractivity contribution in [3.63, 3.8) is 0 Å². The Hall–Kier alpha value is -2.60. The molecular formula is C18H22N4O2. The Kier molecular flexibility index (Phi) is 4.40. The topological polar surface area (TPSA) is 72.1 Å². The lowest BCUT2D eigenvalue weighted by Crippen LogP contribution is -2.37. The van der Waals surface area contributed by atoms with Crippen molar-refractivity contribution < 1.29 is 9.21 Å². The average molecular weight is 326 g/mol. The molecule has 24 heavy (non-hydrogen) atoms. The van der Waals surface area contributed by atoms with Crippen LogP contribution in [0.1, 0.15) is 35.9 Å². The van der Waals surface area contributed by atoms with E-state index in [4.69, 9.17) is 4.42 Å². The van der Waals surface area contributed by atoms with E-state index < -0.39 is 6.04 Å². The van der Waals surface area contributed by atoms with Gasteiger partial charge in [-0.15, -0.1) is 0 Å². The number of hydrogen-bond acceptors (Lipinski definition) is 4. The number of aryl methyl sites for hydroxylation is 2. The van der Waals surface area contributed by atoms with Crippen molar-refractivity contribution >= 4 is 16.9 Å². The van der Waals surface area contributed by atoms with Gasteiger partial charge in [0, 0.05) is 29.8 Å². The summed E-state index contributed by atoms with van der Waals surface area (Å²) >= 11 is 0. The van der Waals surface area contributed by atoms with E-state index in [-0.39, 0.29) is 11.9 Å². The maximum Gasteiger partial charge on any atom is 0.242 e. The summed E-state index contributed by atoms with van der Waals surface area (Å²) in [7, 11) is 3.59. The first-order valence-corrected chi connectivity index (χ1v) is 7.95. The smallest absolute Gasteiger partial charge is 0.242 e. The highest BCUT2D eigenvalue weighted by molar-refractivity contribution is 5.84. The number of hydrogen-bond donors (Lipinski definition) is 2. The number of nitrogens with one attached hydrogen (secondary N) is 2. The molecule has 2 N–H and O–H groups in total. The minimum Gasteiger partial charge on any atom is -0.459 e. The molecule has 0 aliphatic carbocycles. The third-order valence-corrected chi connectivity index (χ3v) is 4.24. The first-order valence-electron chi connectivity index (χ1n) is 7.95. The van der Waals surface area contributed by atoms with Crippen LogP contribution in [0.2, 0.25) is 0 Å². The second-order valence-electron chi connectivity index (χ2n) is 5.99. The number of amides is 1. The molecule has 1 amide bonds. The molecule has 0 spiro atoms. The molecular weight excluding hydrogens is 304 g/mol. The predicted octanol–water partition coefficient (Wildman–Crippen LogP) is 2.61. The van der Waals surface area contributed by atoms with Crippen molar-refractivity contribution in [2.45, 2.75) is 25.9 Å². The predicted molar refractivity (Wildman–Crippen MR) is 92.5 cm³/mol. The first kappa shape index (κ1) is 16.3. The second kappa shape index (κ2) is 6.49. The van der Waals surface area contributed by atoms with Crippen LogP contribution in [0.5, 0.6) is 0 Å². The highest BCUT2D eigenvalue weighted by atomic mass is 16.3. The van der Waals surface area contributed by atoms with E-state index in [0.717, 1.165) is 27.9 Å². The van der Waals surface area contributed by atoms with Gasteiger partial charge in [-0.2, -0.15) is 5.10 Å². The van der Waals surface area contributed by atoms with Gasteiger partial charge in [-0.05, 0) is 27.0 Å². The summed E-state index contributed by atoms with van der Waals surface area (Å²) in [6.45, 7) is 3.94. The lowest BCUT2D eigenvalue weighted by Gasteiger charge is -2.18. The second-order valence-corrected chi connectivity index (χ2v) is 5.99. The number of para-hydroxylation sites is 1. The van der Waals surface area contributed by atoms with Crippen molar-refractivity contribution in [1.29, 1.82) is 0 Å². The summed E-state index contributed by atoms with van der Waals surface area (Å²) in [5, 5.41) is 11.3. The van der Waals surface area contributed by atoms with E-state index in [0.29, 0.717) is 0 Å². The van der Waals surface area contributed by atoms with Gasteiger partial charge in [0.05, 0.1) is 12.2 Å². The van der Waals surface area contributed by atoms with Gasteiger partial charge < -0.3 is 15.1 Å². The molecule has 0 bridgehead atoms. The van der Waals surface area contributed by atoms with E-state index in [1.165, 1.54) is 0 Å². The van der Waals surface area contributed by atoms with Crippen LogP contribution in [0.4, 0.5) is 0 Å². The zero-order valence-corrected chi connectivity index (χ0v) is 14.3. The Bertz CT molecular complexity index is 865. The Balaban J connectivity index is 1.81. The average Bonchev–Trinajstić information content (AvgIpc) is 3.13. The normalized spacial score (nSPS) is 13.8. The molecule has 0 saturated heterocycles. The standard InChI is InChI=1S/C18H22N4O2/c1-11-14-7-5-6-8-15(14)24-17(11)12(2)21-18(23)16(19-3)13-9-20-22(4)10-13/h5-10,12,16,19H,1-4H3,(H,21,23). The number of carbonyl (C=O) groups excluding carboxylic acids is 1. The van der Waals surface area contributed by atoms with Gasteiger partial charge in [0.1, 0.15) is 17.4 Å². The fraction of sp³-hybridized carbons (Fsp3) is 0.333. The van der Waals surface area contributed by atoms with E-state index in [1.807, 2.05) is 51.4 Å². The largest absolute Gasteiger partial charge is 0.459 e. The van der Waals surface area contributed by atoms with Crippen LogP contribution < -0.4 is 10.6 Å². The number of nitrogens with zero attached hydrogens (tertiary/aromatic N) is 2. The fourth-order valence-electron chi connectivity index (χ4n) is 3.01. The van der Waals surface area contributed by atoms with Crippen LogP contribution in [-0.4, -0.2) is 22.7 Å². The number of rotatable bonds is 5. The molecule has 6 heteroatoms. The number of carbonyl (C=O) groups is 1. The maximum atomic E-state index is 12.6. The fourth-order valence-corrected chi connectivity index (χ4v) is 3.01. The Labute approximate surface area is 140 Å². The Morgan fingerprint density at radius 2 is 2.08 bits per heavy atom. The summed E-state index contributed by atoms with van der Waals surface area (Å²) < 4.78 is 7.61. The molecule has 2 unspecified atom stereocenters. The van der Waals surface area contributed by atoms with Crippen LogP contribution in [0.15, 0.2) is 41.1 Å². The van der Waals surface area contributed by atoms with Crippen molar-refractivity contribution in [3.05, 3.63) is 53.5 Å². The van der Waals surface area contributed by atoms with Crippen LogP contribution >= 0.6 is 0 Å². The summed E-state index contributed by atoms with van der Waals surface area (Å²) in [5.41, 5.74) is 2.72. The third-order valence-electron chi connectivity index (χ3n) is 4.24. The van der Waals surface area contributed by atoms with Crippen molar-refractivity contribution in [1.82, 2.24) is 20.4 Å². The van der Waals surface area contributed by atoms with Gasteiger partial charge in [-0.1, -0.05) is 18.2 Å². The van der Waals surface area contributed by atoms with Crippen molar-refractivity contribution in [2.75, 3.05) is 7.05 Å². The van der Waals surface area contributed by atoms with Crippen LogP contribution in [0.25, 0.3) is 11.0 Å². The number of fused-ring (bicyclic) bond motifs is 1. The van der Waals surface area contributed by atoms with E-state index in [2.05, 4.69) is 15.7 Å². The lowest BCUT2D eigenvalue weighted by atomic mass is 10.1. The van der Waals surface area contributed by atoms with Gasteiger partial charge in [0.2, 0.25) is 5.91 Å². The number of furan rings is 1. The first-order chi connectivity index (χ1) is 11.5. The quantitative estimate of drug-likeness (QED) is 0.756. The molecule has 6 nitrogen and oxygen atoms in total. The van der Waals surface area contributed by atoms with Crippen LogP contribution in [0, 0.1) is 6.92 Å². The highest BCUT2D eigenvalue weighted by Gasteiger charge is 2.24. The van der Waals surface area contributed by atoms with E-state index in [1.54, 1.807) is 17.9 Å². The number of aromatic nitrogens is 2.